The molecule has 0 fully saturated rings. The number of nitrogens with zero attached hydrogens (tertiary/aromatic N) is 3. The Kier molecular flexibility index (Phi) is 2.21. The second-order valence-electron chi connectivity index (χ2n) is 3.11. The van der Waals surface area contributed by atoms with Gasteiger partial charge in [0.05, 0.1) is 11.3 Å². The molecular formula is C10H9N3O2. The molecule has 5 nitrogen and oxygen atoms in total. The Bertz CT molecular complexity index is 491. The van der Waals surface area contributed by atoms with Crippen molar-refractivity contribution in [3.8, 4) is 5.69 Å². The number of carbonyl (C=O) groups is 1. The van der Waals surface area contributed by atoms with Gasteiger partial charge in [-0.3, -0.25) is 0 Å². The van der Waals surface area contributed by atoms with E-state index in [2.05, 4.69) is 10.1 Å². The van der Waals surface area contributed by atoms with Gasteiger partial charge >= 0.3 is 5.97 Å². The lowest BCUT2D eigenvalue weighted by Crippen LogP contribution is -2.07. The summed E-state index contributed by atoms with van der Waals surface area (Å²) in [5.41, 5.74) is 1.48. The zero-order valence-corrected chi connectivity index (χ0v) is 8.08. The number of carboxylic acid groups (broad SMARTS) is 1. The molecule has 2 aromatic rings. The van der Waals surface area contributed by atoms with Gasteiger partial charge in [0.1, 0.15) is 12.7 Å². The van der Waals surface area contributed by atoms with Crippen LogP contribution in [0.5, 0.6) is 0 Å². The summed E-state index contributed by atoms with van der Waals surface area (Å²) in [4.78, 5) is 14.9. The summed E-state index contributed by atoms with van der Waals surface area (Å²) in [7, 11) is 0. The molecule has 1 heterocycles. The van der Waals surface area contributed by atoms with Crippen LogP contribution in [0.25, 0.3) is 5.69 Å². The Hall–Kier alpha value is -2.17. The Morgan fingerprint density at radius 3 is 2.87 bits per heavy atom. The molecule has 0 spiro atoms. The number of carboxylic acids is 1. The second kappa shape index (κ2) is 3.53. The Morgan fingerprint density at radius 2 is 2.27 bits per heavy atom. The van der Waals surface area contributed by atoms with E-state index in [1.165, 1.54) is 17.3 Å². The number of aryl methyl sites for hydroxylation is 1. The lowest BCUT2D eigenvalue weighted by molar-refractivity contribution is 0.0696. The summed E-state index contributed by atoms with van der Waals surface area (Å²) in [5.74, 6) is -0.960. The summed E-state index contributed by atoms with van der Waals surface area (Å²) < 4.78 is 1.44. The van der Waals surface area contributed by atoms with Crippen molar-refractivity contribution in [2.24, 2.45) is 0 Å². The largest absolute Gasteiger partial charge is 0.478 e. The molecule has 0 unspecified atom stereocenters. The summed E-state index contributed by atoms with van der Waals surface area (Å²) in [6, 6.07) is 5.24. The number of benzene rings is 1. The van der Waals surface area contributed by atoms with Crippen LogP contribution in [0.3, 0.4) is 0 Å². The van der Waals surface area contributed by atoms with Crippen molar-refractivity contribution < 1.29 is 9.90 Å². The van der Waals surface area contributed by atoms with Crippen LogP contribution in [-0.2, 0) is 0 Å². The normalized spacial score (nSPS) is 10.2. The first-order valence-corrected chi connectivity index (χ1v) is 4.38. The van der Waals surface area contributed by atoms with Crippen molar-refractivity contribution in [2.45, 2.75) is 6.92 Å². The van der Waals surface area contributed by atoms with Crippen molar-refractivity contribution in [2.75, 3.05) is 0 Å². The van der Waals surface area contributed by atoms with Crippen molar-refractivity contribution in [1.29, 1.82) is 0 Å². The van der Waals surface area contributed by atoms with Gasteiger partial charge in [-0.1, -0.05) is 12.1 Å². The highest BCUT2D eigenvalue weighted by molar-refractivity contribution is 5.93. The zero-order chi connectivity index (χ0) is 10.8. The van der Waals surface area contributed by atoms with E-state index in [0.29, 0.717) is 11.3 Å². The third-order valence-corrected chi connectivity index (χ3v) is 2.13. The van der Waals surface area contributed by atoms with E-state index in [-0.39, 0.29) is 5.56 Å². The molecule has 0 aliphatic carbocycles. The van der Waals surface area contributed by atoms with E-state index in [1.807, 2.05) is 0 Å². The first-order chi connectivity index (χ1) is 7.20. The molecule has 15 heavy (non-hydrogen) atoms. The third kappa shape index (κ3) is 1.59. The fourth-order valence-electron chi connectivity index (χ4n) is 1.45. The number of aromatic nitrogens is 3. The van der Waals surface area contributed by atoms with Gasteiger partial charge in [0.2, 0.25) is 0 Å². The molecule has 0 saturated carbocycles. The predicted octanol–water partition coefficient (Wildman–Crippen LogP) is 1.27. The maximum absolute atomic E-state index is 11.1. The van der Waals surface area contributed by atoms with E-state index in [9.17, 15) is 4.79 Å². The molecule has 5 heteroatoms. The highest BCUT2D eigenvalue weighted by Gasteiger charge is 2.14. The van der Waals surface area contributed by atoms with E-state index in [4.69, 9.17) is 5.11 Å². The molecule has 0 aliphatic rings. The van der Waals surface area contributed by atoms with Crippen molar-refractivity contribution in [1.82, 2.24) is 14.8 Å². The summed E-state index contributed by atoms with van der Waals surface area (Å²) >= 11 is 0. The minimum absolute atomic E-state index is 0.253. The van der Waals surface area contributed by atoms with Crippen LogP contribution in [0.1, 0.15) is 15.9 Å². The summed E-state index contributed by atoms with van der Waals surface area (Å²) in [5, 5.41) is 13.0. The minimum atomic E-state index is -0.960. The van der Waals surface area contributed by atoms with Gasteiger partial charge in [-0.2, -0.15) is 5.10 Å². The molecule has 1 aromatic heterocycles. The van der Waals surface area contributed by atoms with Crippen LogP contribution in [0.4, 0.5) is 0 Å². The van der Waals surface area contributed by atoms with Crippen LogP contribution in [0.2, 0.25) is 0 Å². The van der Waals surface area contributed by atoms with Gasteiger partial charge in [-0.25, -0.2) is 14.5 Å². The quantitative estimate of drug-likeness (QED) is 0.798. The fraction of sp³-hybridized carbons (Fsp3) is 0.100. The van der Waals surface area contributed by atoms with Crippen LogP contribution >= 0.6 is 0 Å². The van der Waals surface area contributed by atoms with Crippen molar-refractivity contribution in [3.63, 3.8) is 0 Å². The monoisotopic (exact) mass is 203 g/mol. The van der Waals surface area contributed by atoms with Crippen LogP contribution in [0.15, 0.2) is 30.9 Å². The van der Waals surface area contributed by atoms with Gasteiger partial charge in [0, 0.05) is 0 Å². The van der Waals surface area contributed by atoms with Gasteiger partial charge < -0.3 is 5.11 Å². The van der Waals surface area contributed by atoms with Gasteiger partial charge in [-0.05, 0) is 18.6 Å². The topological polar surface area (TPSA) is 68.0 Å². The van der Waals surface area contributed by atoms with E-state index < -0.39 is 5.97 Å². The van der Waals surface area contributed by atoms with E-state index in [1.54, 1.807) is 25.1 Å². The molecule has 2 rings (SSSR count). The molecule has 1 aromatic carbocycles. The Morgan fingerprint density at radius 1 is 1.47 bits per heavy atom. The Labute approximate surface area is 86.0 Å². The lowest BCUT2D eigenvalue weighted by Gasteiger charge is -2.07. The molecule has 76 valence electrons. The number of aromatic carboxylic acids is 1. The molecule has 1 N–H and O–H groups in total. The minimum Gasteiger partial charge on any atom is -0.478 e. The number of hydrogen-bond acceptors (Lipinski definition) is 3. The maximum Gasteiger partial charge on any atom is 0.338 e. The van der Waals surface area contributed by atoms with Gasteiger partial charge in [-0.15, -0.1) is 0 Å². The average Bonchev–Trinajstić information content (AvgIpc) is 2.69. The van der Waals surface area contributed by atoms with Crippen LogP contribution in [-0.4, -0.2) is 25.8 Å². The van der Waals surface area contributed by atoms with E-state index in [0.717, 1.165) is 0 Å². The third-order valence-electron chi connectivity index (χ3n) is 2.13. The highest BCUT2D eigenvalue weighted by Crippen LogP contribution is 2.17. The van der Waals surface area contributed by atoms with E-state index >= 15 is 0 Å². The lowest BCUT2D eigenvalue weighted by atomic mass is 10.1. The zero-order valence-electron chi connectivity index (χ0n) is 8.08. The molecule has 0 saturated heterocycles. The van der Waals surface area contributed by atoms with Crippen molar-refractivity contribution in [3.05, 3.63) is 42.0 Å². The molecule has 0 atom stereocenters. The molecule has 0 aliphatic heterocycles. The molecule has 0 radical (unpaired) electrons. The summed E-state index contributed by atoms with van der Waals surface area (Å²) in [6.07, 6.45) is 2.84. The highest BCUT2D eigenvalue weighted by atomic mass is 16.4. The Balaban J connectivity index is 2.66. The summed E-state index contributed by atoms with van der Waals surface area (Å²) in [6.45, 7) is 1.75. The van der Waals surface area contributed by atoms with Crippen molar-refractivity contribution >= 4 is 5.97 Å². The number of rotatable bonds is 2. The molecular weight excluding hydrogens is 194 g/mol. The first kappa shape index (κ1) is 9.39. The first-order valence-electron chi connectivity index (χ1n) is 4.38. The maximum atomic E-state index is 11.1. The van der Waals surface area contributed by atoms with Crippen LogP contribution < -0.4 is 0 Å². The predicted molar refractivity (Wildman–Crippen MR) is 53.1 cm³/mol. The van der Waals surface area contributed by atoms with Gasteiger partial charge in [0.25, 0.3) is 0 Å². The van der Waals surface area contributed by atoms with Crippen LogP contribution in [0, 0.1) is 6.92 Å². The number of hydrogen-bond donors (Lipinski definition) is 1. The fourth-order valence-corrected chi connectivity index (χ4v) is 1.45. The smallest absolute Gasteiger partial charge is 0.338 e. The standard InChI is InChI=1S/C10H9N3O2/c1-7-3-2-4-8(9(7)10(14)15)13-6-11-5-12-13/h2-6H,1H3,(H,14,15). The molecule has 0 bridgehead atoms. The average molecular weight is 203 g/mol. The van der Waals surface area contributed by atoms with Gasteiger partial charge in [0.15, 0.2) is 0 Å². The molecule has 0 amide bonds. The second-order valence-corrected chi connectivity index (χ2v) is 3.11. The SMILES string of the molecule is Cc1cccc(-n2cncn2)c1C(=O)O.